The molecule has 1 aliphatic rings. The Balaban J connectivity index is 1.91. The van der Waals surface area contributed by atoms with E-state index in [1.165, 1.54) is 50.2 Å². The Kier molecular flexibility index (Phi) is 5.44. The van der Waals surface area contributed by atoms with Crippen LogP contribution in [0.25, 0.3) is 33.9 Å². The average Bonchev–Trinajstić information content (AvgIpc) is 3.49. The van der Waals surface area contributed by atoms with Gasteiger partial charge in [0.05, 0.1) is 35.8 Å². The van der Waals surface area contributed by atoms with E-state index in [2.05, 4.69) is 35.4 Å². The van der Waals surface area contributed by atoms with E-state index < -0.39 is 0 Å². The predicted octanol–water partition coefficient (Wildman–Crippen LogP) is 7.37. The van der Waals surface area contributed by atoms with Gasteiger partial charge in [0.1, 0.15) is 6.26 Å². The normalized spacial score (nSPS) is 14.5. The first-order valence-electron chi connectivity index (χ1n) is 11.2. The van der Waals surface area contributed by atoms with Gasteiger partial charge in [-0.25, -0.2) is 4.79 Å². The van der Waals surface area contributed by atoms with Crippen LogP contribution in [0.2, 0.25) is 0 Å². The SMILES string of the molecule is C=Cc1ccccc1-c1c(C2CCCCC2)c2ccc(C(=O)OC)cc2n1-c1ccoc1. The Hall–Kier alpha value is -3.53. The summed E-state index contributed by atoms with van der Waals surface area (Å²) in [7, 11) is 1.42. The molecular weight excluding hydrogens is 398 g/mol. The number of nitrogens with zero attached hydrogens (tertiary/aromatic N) is 1. The molecule has 4 heteroatoms. The van der Waals surface area contributed by atoms with Crippen molar-refractivity contribution in [1.29, 1.82) is 0 Å². The first kappa shape index (κ1) is 20.4. The van der Waals surface area contributed by atoms with E-state index in [1.807, 2.05) is 30.3 Å². The number of esters is 1. The molecule has 1 fully saturated rings. The second kappa shape index (κ2) is 8.54. The molecule has 0 aliphatic heterocycles. The fraction of sp³-hybridized carbons (Fsp3) is 0.250. The predicted molar refractivity (Wildman–Crippen MR) is 128 cm³/mol. The van der Waals surface area contributed by atoms with Gasteiger partial charge in [0.25, 0.3) is 0 Å². The third kappa shape index (κ3) is 3.36. The smallest absolute Gasteiger partial charge is 0.337 e. The van der Waals surface area contributed by atoms with Crippen LogP contribution in [0.5, 0.6) is 0 Å². The number of fused-ring (bicyclic) bond motifs is 1. The van der Waals surface area contributed by atoms with E-state index in [0.29, 0.717) is 11.5 Å². The maximum absolute atomic E-state index is 12.4. The summed E-state index contributed by atoms with van der Waals surface area (Å²) in [6.07, 6.45) is 11.5. The van der Waals surface area contributed by atoms with Crippen LogP contribution < -0.4 is 0 Å². The molecule has 0 amide bonds. The summed E-state index contributed by atoms with van der Waals surface area (Å²) in [5.74, 6) is 0.135. The molecule has 4 aromatic rings. The van der Waals surface area contributed by atoms with Crippen molar-refractivity contribution in [2.75, 3.05) is 7.11 Å². The lowest BCUT2D eigenvalue weighted by atomic mass is 9.81. The number of furan rings is 1. The standard InChI is InChI=1S/C28H27NO3/c1-3-19-9-7-8-12-23(19)27-26(20-10-5-4-6-11-20)24-14-13-21(28(30)31-2)17-25(24)29(27)22-15-16-32-18-22/h3,7-9,12-18,20H,1,4-6,10-11H2,2H3. The summed E-state index contributed by atoms with van der Waals surface area (Å²) < 4.78 is 12.7. The van der Waals surface area contributed by atoms with E-state index in [4.69, 9.17) is 9.15 Å². The number of carbonyl (C=O) groups is 1. The van der Waals surface area contributed by atoms with Crippen molar-refractivity contribution in [2.24, 2.45) is 0 Å². The molecule has 162 valence electrons. The minimum Gasteiger partial charge on any atom is -0.470 e. The molecule has 5 rings (SSSR count). The lowest BCUT2D eigenvalue weighted by molar-refractivity contribution is 0.0601. The molecular formula is C28H27NO3. The number of hydrogen-bond acceptors (Lipinski definition) is 3. The fourth-order valence-corrected chi connectivity index (χ4v) is 5.17. The summed E-state index contributed by atoms with van der Waals surface area (Å²) in [6.45, 7) is 4.07. The summed E-state index contributed by atoms with van der Waals surface area (Å²) >= 11 is 0. The molecule has 2 aromatic heterocycles. The number of methoxy groups -OCH3 is 1. The van der Waals surface area contributed by atoms with Crippen LogP contribution in [-0.2, 0) is 4.74 Å². The van der Waals surface area contributed by atoms with Crippen LogP contribution in [0, 0.1) is 0 Å². The second-order valence-electron chi connectivity index (χ2n) is 8.43. The highest BCUT2D eigenvalue weighted by Crippen LogP contribution is 2.46. The number of carbonyl (C=O) groups excluding carboxylic acids is 1. The Morgan fingerprint density at radius 3 is 2.66 bits per heavy atom. The molecule has 0 saturated heterocycles. The first-order valence-corrected chi connectivity index (χ1v) is 11.2. The van der Waals surface area contributed by atoms with E-state index in [0.717, 1.165) is 28.0 Å². The fourth-order valence-electron chi connectivity index (χ4n) is 5.17. The molecule has 0 bridgehead atoms. The van der Waals surface area contributed by atoms with Crippen LogP contribution in [0.15, 0.2) is 72.1 Å². The Morgan fingerprint density at radius 2 is 1.94 bits per heavy atom. The van der Waals surface area contributed by atoms with E-state index in [-0.39, 0.29) is 5.97 Å². The highest BCUT2D eigenvalue weighted by atomic mass is 16.5. The quantitative estimate of drug-likeness (QED) is 0.314. The van der Waals surface area contributed by atoms with Gasteiger partial charge in [-0.05, 0) is 42.0 Å². The molecule has 1 aliphatic carbocycles. The summed E-state index contributed by atoms with van der Waals surface area (Å²) in [5, 5.41) is 1.18. The van der Waals surface area contributed by atoms with Crippen LogP contribution in [0.4, 0.5) is 0 Å². The van der Waals surface area contributed by atoms with Crippen molar-refractivity contribution in [1.82, 2.24) is 4.57 Å². The average molecular weight is 426 g/mol. The minimum absolute atomic E-state index is 0.334. The molecule has 0 spiro atoms. The highest BCUT2D eigenvalue weighted by Gasteiger charge is 2.28. The zero-order valence-corrected chi connectivity index (χ0v) is 18.3. The highest BCUT2D eigenvalue weighted by molar-refractivity contribution is 6.00. The zero-order chi connectivity index (χ0) is 22.1. The van der Waals surface area contributed by atoms with Crippen molar-refractivity contribution in [3.05, 3.63) is 84.3 Å². The van der Waals surface area contributed by atoms with Gasteiger partial charge in [-0.1, -0.05) is 62.2 Å². The second-order valence-corrected chi connectivity index (χ2v) is 8.43. The van der Waals surface area contributed by atoms with Crippen molar-refractivity contribution in [3.8, 4) is 16.9 Å². The number of hydrogen-bond donors (Lipinski definition) is 0. The van der Waals surface area contributed by atoms with Gasteiger partial charge in [-0.15, -0.1) is 0 Å². The molecule has 0 unspecified atom stereocenters. The minimum atomic E-state index is -0.334. The molecule has 0 radical (unpaired) electrons. The van der Waals surface area contributed by atoms with Gasteiger partial charge in [0.2, 0.25) is 0 Å². The van der Waals surface area contributed by atoms with Crippen molar-refractivity contribution in [3.63, 3.8) is 0 Å². The third-order valence-corrected chi connectivity index (χ3v) is 6.64. The summed E-state index contributed by atoms with van der Waals surface area (Å²) in [4.78, 5) is 12.4. The van der Waals surface area contributed by atoms with Crippen LogP contribution in [0.3, 0.4) is 0 Å². The van der Waals surface area contributed by atoms with Crippen molar-refractivity contribution < 1.29 is 13.9 Å². The van der Waals surface area contributed by atoms with Gasteiger partial charge in [0, 0.05) is 17.0 Å². The number of rotatable bonds is 5. The van der Waals surface area contributed by atoms with E-state index >= 15 is 0 Å². The number of ether oxygens (including phenoxy) is 1. The van der Waals surface area contributed by atoms with E-state index in [9.17, 15) is 4.79 Å². The van der Waals surface area contributed by atoms with Crippen molar-refractivity contribution >= 4 is 22.9 Å². The maximum atomic E-state index is 12.4. The van der Waals surface area contributed by atoms with Crippen molar-refractivity contribution in [2.45, 2.75) is 38.0 Å². The van der Waals surface area contributed by atoms with Gasteiger partial charge < -0.3 is 13.7 Å². The topological polar surface area (TPSA) is 44.4 Å². The molecule has 2 heterocycles. The number of benzene rings is 2. The Labute approximate surface area is 188 Å². The zero-order valence-electron chi connectivity index (χ0n) is 18.3. The monoisotopic (exact) mass is 425 g/mol. The Bertz CT molecular complexity index is 1270. The molecule has 0 N–H and O–H groups in total. The van der Waals surface area contributed by atoms with Gasteiger partial charge in [-0.2, -0.15) is 0 Å². The van der Waals surface area contributed by atoms with E-state index in [1.54, 1.807) is 12.5 Å². The molecule has 1 saturated carbocycles. The van der Waals surface area contributed by atoms with Gasteiger partial charge in [0.15, 0.2) is 0 Å². The van der Waals surface area contributed by atoms with Crippen LogP contribution >= 0.6 is 0 Å². The van der Waals surface area contributed by atoms with Crippen LogP contribution in [0.1, 0.15) is 59.5 Å². The summed E-state index contributed by atoms with van der Waals surface area (Å²) in [6, 6.07) is 16.3. The first-order chi connectivity index (χ1) is 15.7. The number of aromatic nitrogens is 1. The lowest BCUT2D eigenvalue weighted by Crippen LogP contribution is -2.07. The summed E-state index contributed by atoms with van der Waals surface area (Å²) in [5.41, 5.74) is 7.21. The lowest BCUT2D eigenvalue weighted by Gasteiger charge is -2.24. The van der Waals surface area contributed by atoms with Crippen LogP contribution in [-0.4, -0.2) is 17.6 Å². The third-order valence-electron chi connectivity index (χ3n) is 6.64. The van der Waals surface area contributed by atoms with Gasteiger partial charge in [-0.3, -0.25) is 0 Å². The Morgan fingerprint density at radius 1 is 1.12 bits per heavy atom. The van der Waals surface area contributed by atoms with Gasteiger partial charge >= 0.3 is 5.97 Å². The molecule has 32 heavy (non-hydrogen) atoms. The maximum Gasteiger partial charge on any atom is 0.337 e. The molecule has 0 atom stereocenters. The molecule has 2 aromatic carbocycles. The molecule has 4 nitrogen and oxygen atoms in total. The largest absolute Gasteiger partial charge is 0.470 e.